The summed E-state index contributed by atoms with van der Waals surface area (Å²) < 4.78 is 30.7. The first kappa shape index (κ1) is 16.9. The van der Waals surface area contributed by atoms with Crippen LogP contribution in [-0.2, 0) is 19.6 Å². The molecular weight excluding hydrogens is 300 g/mol. The molecule has 3 N–H and O–H groups in total. The molecule has 8 nitrogen and oxygen atoms in total. The van der Waals surface area contributed by atoms with Gasteiger partial charge in [0.25, 0.3) is 0 Å². The first-order valence-electron chi connectivity index (χ1n) is 5.93. The Balaban J connectivity index is 2.88. The van der Waals surface area contributed by atoms with Gasteiger partial charge in [-0.15, -0.1) is 0 Å². The zero-order valence-corrected chi connectivity index (χ0v) is 12.4. The highest BCUT2D eigenvalue weighted by molar-refractivity contribution is 7.89. The molecule has 0 heterocycles. The van der Waals surface area contributed by atoms with Gasteiger partial charge in [-0.2, -0.15) is 0 Å². The molecule has 21 heavy (non-hydrogen) atoms. The average molecular weight is 316 g/mol. The lowest BCUT2D eigenvalue weighted by atomic mass is 10.2. The van der Waals surface area contributed by atoms with Crippen molar-refractivity contribution in [1.82, 2.24) is 10.0 Å². The van der Waals surface area contributed by atoms with Crippen LogP contribution in [-0.4, -0.2) is 45.6 Å². The molecule has 1 rings (SSSR count). The minimum absolute atomic E-state index is 0.00362. The lowest BCUT2D eigenvalue weighted by Gasteiger charge is -2.09. The monoisotopic (exact) mass is 316 g/mol. The van der Waals surface area contributed by atoms with Gasteiger partial charge in [-0.05, 0) is 18.2 Å². The summed E-state index contributed by atoms with van der Waals surface area (Å²) in [6, 6.07) is 3.26. The molecule has 0 unspecified atom stereocenters. The number of sulfonamides is 1. The number of phenolic OH excluding ortho intramolecular Hbond substituents is 1. The Morgan fingerprint density at radius 3 is 2.52 bits per heavy atom. The van der Waals surface area contributed by atoms with Gasteiger partial charge in [-0.3, -0.25) is 4.79 Å². The summed E-state index contributed by atoms with van der Waals surface area (Å²) in [6.45, 7) is 1.45. The molecule has 1 aromatic carbocycles. The van der Waals surface area contributed by atoms with Crippen LogP contribution >= 0.6 is 0 Å². The van der Waals surface area contributed by atoms with Crippen molar-refractivity contribution < 1.29 is 27.9 Å². The summed E-state index contributed by atoms with van der Waals surface area (Å²) in [5, 5.41) is 12.0. The van der Waals surface area contributed by atoms with Crippen LogP contribution in [0.4, 0.5) is 0 Å². The second kappa shape index (κ2) is 7.04. The van der Waals surface area contributed by atoms with Crippen LogP contribution in [0, 0.1) is 0 Å². The molecule has 0 aliphatic heterocycles. The maximum absolute atomic E-state index is 12.0. The Kier molecular flexibility index (Phi) is 5.68. The number of phenols is 1. The van der Waals surface area contributed by atoms with E-state index in [-0.39, 0.29) is 35.2 Å². The van der Waals surface area contributed by atoms with Crippen molar-refractivity contribution in [2.75, 3.05) is 20.2 Å². The predicted octanol–water partition coefficient (Wildman–Crippen LogP) is -0.407. The molecule has 0 aliphatic carbocycles. The van der Waals surface area contributed by atoms with Crippen LogP contribution in [0.3, 0.4) is 0 Å². The molecule has 0 spiro atoms. The van der Waals surface area contributed by atoms with E-state index in [0.717, 1.165) is 25.3 Å². The van der Waals surface area contributed by atoms with Crippen molar-refractivity contribution in [2.24, 2.45) is 0 Å². The number of ether oxygens (including phenoxy) is 1. The number of carbonyl (C=O) groups is 2. The lowest BCUT2D eigenvalue weighted by molar-refractivity contribution is -0.118. The van der Waals surface area contributed by atoms with Crippen LogP contribution in [0.15, 0.2) is 23.1 Å². The third kappa shape index (κ3) is 4.72. The topological polar surface area (TPSA) is 122 Å². The van der Waals surface area contributed by atoms with Crippen LogP contribution < -0.4 is 10.0 Å². The fraction of sp³-hybridized carbons (Fsp3) is 0.333. The third-order valence-electron chi connectivity index (χ3n) is 2.47. The molecule has 0 fully saturated rings. The number of esters is 1. The van der Waals surface area contributed by atoms with E-state index in [1.165, 1.54) is 6.92 Å². The molecule has 1 aromatic rings. The number of nitrogens with one attached hydrogen (secondary N) is 2. The number of amides is 1. The van der Waals surface area contributed by atoms with Crippen molar-refractivity contribution in [1.29, 1.82) is 0 Å². The Labute approximate surface area is 122 Å². The average Bonchev–Trinajstić information content (AvgIpc) is 2.43. The SMILES string of the molecule is COC(=O)c1cc(S(=O)(=O)NCCNC(C)=O)ccc1O. The summed E-state index contributed by atoms with van der Waals surface area (Å²) in [5.41, 5.74) is -0.248. The highest BCUT2D eigenvalue weighted by Gasteiger charge is 2.19. The second-order valence-corrected chi connectivity index (χ2v) is 5.82. The van der Waals surface area contributed by atoms with E-state index in [0.29, 0.717) is 0 Å². The van der Waals surface area contributed by atoms with Crippen molar-refractivity contribution in [2.45, 2.75) is 11.8 Å². The van der Waals surface area contributed by atoms with Crippen molar-refractivity contribution >= 4 is 21.9 Å². The summed E-state index contributed by atoms with van der Waals surface area (Å²) >= 11 is 0. The van der Waals surface area contributed by atoms with E-state index < -0.39 is 16.0 Å². The number of carbonyl (C=O) groups excluding carboxylic acids is 2. The van der Waals surface area contributed by atoms with Crippen molar-refractivity contribution in [3.8, 4) is 5.75 Å². The number of hydrogen-bond acceptors (Lipinski definition) is 6. The van der Waals surface area contributed by atoms with E-state index in [9.17, 15) is 23.1 Å². The minimum Gasteiger partial charge on any atom is -0.507 e. The van der Waals surface area contributed by atoms with Crippen molar-refractivity contribution in [3.05, 3.63) is 23.8 Å². The second-order valence-electron chi connectivity index (χ2n) is 4.05. The molecule has 0 radical (unpaired) electrons. The van der Waals surface area contributed by atoms with Gasteiger partial charge < -0.3 is 15.2 Å². The molecule has 0 saturated heterocycles. The smallest absolute Gasteiger partial charge is 0.341 e. The lowest BCUT2D eigenvalue weighted by Crippen LogP contribution is -2.33. The van der Waals surface area contributed by atoms with E-state index in [4.69, 9.17) is 0 Å². The van der Waals surface area contributed by atoms with Gasteiger partial charge in [0, 0.05) is 20.0 Å². The fourth-order valence-corrected chi connectivity index (χ4v) is 2.52. The number of rotatable bonds is 6. The molecule has 1 amide bonds. The van der Waals surface area contributed by atoms with E-state index in [1.807, 2.05) is 0 Å². The van der Waals surface area contributed by atoms with Crippen LogP contribution in [0.5, 0.6) is 5.75 Å². The number of methoxy groups -OCH3 is 1. The quantitative estimate of drug-likeness (QED) is 0.484. The van der Waals surface area contributed by atoms with E-state index >= 15 is 0 Å². The normalized spacial score (nSPS) is 11.0. The number of benzene rings is 1. The summed E-state index contributed by atoms with van der Waals surface area (Å²) in [7, 11) is -2.74. The fourth-order valence-electron chi connectivity index (χ4n) is 1.46. The first-order chi connectivity index (χ1) is 9.77. The van der Waals surface area contributed by atoms with Crippen molar-refractivity contribution in [3.63, 3.8) is 0 Å². The Morgan fingerprint density at radius 2 is 1.95 bits per heavy atom. The summed E-state index contributed by atoms with van der Waals surface area (Å²) in [5.74, 6) is -1.49. The summed E-state index contributed by atoms with van der Waals surface area (Å²) in [4.78, 5) is 21.9. The molecular formula is C12H16N2O6S. The molecule has 116 valence electrons. The van der Waals surface area contributed by atoms with E-state index in [1.54, 1.807) is 0 Å². The van der Waals surface area contributed by atoms with Crippen LogP contribution in [0.2, 0.25) is 0 Å². The van der Waals surface area contributed by atoms with E-state index in [2.05, 4.69) is 14.8 Å². The van der Waals surface area contributed by atoms with Gasteiger partial charge in [0.2, 0.25) is 15.9 Å². The van der Waals surface area contributed by atoms with Gasteiger partial charge in [0.05, 0.1) is 12.0 Å². The maximum atomic E-state index is 12.0. The standard InChI is InChI=1S/C12H16N2O6S/c1-8(15)13-5-6-14-21(18,19)9-3-4-11(16)10(7-9)12(17)20-2/h3-4,7,14,16H,5-6H2,1-2H3,(H,13,15). The number of hydrogen-bond donors (Lipinski definition) is 3. The van der Waals surface area contributed by atoms with Crippen LogP contribution in [0.25, 0.3) is 0 Å². The molecule has 0 bridgehead atoms. The van der Waals surface area contributed by atoms with Gasteiger partial charge in [-0.25, -0.2) is 17.9 Å². The third-order valence-corrected chi connectivity index (χ3v) is 3.93. The molecule has 0 saturated carbocycles. The molecule has 0 aromatic heterocycles. The molecule has 9 heteroatoms. The predicted molar refractivity (Wildman–Crippen MR) is 73.3 cm³/mol. The molecule has 0 atom stereocenters. The molecule has 0 aliphatic rings. The number of aromatic hydroxyl groups is 1. The van der Waals surface area contributed by atoms with Gasteiger partial charge in [0.15, 0.2) is 0 Å². The van der Waals surface area contributed by atoms with Crippen LogP contribution in [0.1, 0.15) is 17.3 Å². The Morgan fingerprint density at radius 1 is 1.29 bits per heavy atom. The van der Waals surface area contributed by atoms with Gasteiger partial charge >= 0.3 is 5.97 Å². The maximum Gasteiger partial charge on any atom is 0.341 e. The Bertz CT molecular complexity index is 641. The largest absolute Gasteiger partial charge is 0.507 e. The highest BCUT2D eigenvalue weighted by atomic mass is 32.2. The summed E-state index contributed by atoms with van der Waals surface area (Å²) in [6.07, 6.45) is 0. The Hall–Kier alpha value is -2.13. The minimum atomic E-state index is -3.86. The van der Waals surface area contributed by atoms with Gasteiger partial charge in [0.1, 0.15) is 11.3 Å². The van der Waals surface area contributed by atoms with Gasteiger partial charge in [-0.1, -0.05) is 0 Å². The zero-order valence-electron chi connectivity index (χ0n) is 11.5. The highest BCUT2D eigenvalue weighted by Crippen LogP contribution is 2.21. The first-order valence-corrected chi connectivity index (χ1v) is 7.41. The zero-order chi connectivity index (χ0) is 16.0.